The molecular formula is C16H26IN3O. The minimum Gasteiger partial charge on any atom is -0.377 e. The molecule has 0 radical (unpaired) electrons. The van der Waals surface area contributed by atoms with Gasteiger partial charge in [0.05, 0.1) is 13.2 Å². The van der Waals surface area contributed by atoms with Crippen LogP contribution >= 0.6 is 24.0 Å². The molecule has 0 spiro atoms. The molecule has 0 unspecified atom stereocenters. The lowest BCUT2D eigenvalue weighted by Crippen LogP contribution is -2.38. The van der Waals surface area contributed by atoms with Gasteiger partial charge in [0.15, 0.2) is 5.96 Å². The van der Waals surface area contributed by atoms with Gasteiger partial charge in [-0.2, -0.15) is 0 Å². The summed E-state index contributed by atoms with van der Waals surface area (Å²) >= 11 is 0. The highest BCUT2D eigenvalue weighted by molar-refractivity contribution is 14.0. The van der Waals surface area contributed by atoms with Gasteiger partial charge in [0, 0.05) is 19.2 Å². The zero-order valence-electron chi connectivity index (χ0n) is 12.9. The van der Waals surface area contributed by atoms with Crippen molar-refractivity contribution >= 4 is 29.9 Å². The Kier molecular flexibility index (Phi) is 8.68. The average Bonchev–Trinajstić information content (AvgIpc) is 3.27. The van der Waals surface area contributed by atoms with Crippen LogP contribution in [0.3, 0.4) is 0 Å². The number of aliphatic imine (C=N–C) groups is 1. The Labute approximate surface area is 144 Å². The largest absolute Gasteiger partial charge is 0.377 e. The number of guanidine groups is 1. The summed E-state index contributed by atoms with van der Waals surface area (Å²) in [4.78, 5) is 4.67. The number of hydrogen-bond donors (Lipinski definition) is 2. The molecule has 4 nitrogen and oxygen atoms in total. The molecule has 1 fully saturated rings. The van der Waals surface area contributed by atoms with Gasteiger partial charge >= 0.3 is 0 Å². The van der Waals surface area contributed by atoms with Gasteiger partial charge < -0.3 is 15.4 Å². The predicted octanol–water partition coefficient (Wildman–Crippen LogP) is 3.06. The molecule has 2 N–H and O–H groups in total. The van der Waals surface area contributed by atoms with Crippen LogP contribution in [0, 0.1) is 0 Å². The van der Waals surface area contributed by atoms with Crippen molar-refractivity contribution in [2.75, 3.05) is 13.2 Å². The van der Waals surface area contributed by atoms with Crippen LogP contribution in [0.5, 0.6) is 0 Å². The lowest BCUT2D eigenvalue weighted by Gasteiger charge is -2.11. The molecule has 0 bridgehead atoms. The second kappa shape index (κ2) is 10.00. The molecule has 0 heterocycles. The van der Waals surface area contributed by atoms with Crippen LogP contribution < -0.4 is 10.6 Å². The summed E-state index contributed by atoms with van der Waals surface area (Å²) < 4.78 is 5.51. The van der Waals surface area contributed by atoms with Crippen molar-refractivity contribution in [3.8, 4) is 0 Å². The molecular weight excluding hydrogens is 377 g/mol. The summed E-state index contributed by atoms with van der Waals surface area (Å²) in [5, 5.41) is 6.73. The highest BCUT2D eigenvalue weighted by Gasteiger charge is 2.22. The van der Waals surface area contributed by atoms with E-state index in [4.69, 9.17) is 4.74 Å². The van der Waals surface area contributed by atoms with Crippen molar-refractivity contribution in [3.05, 3.63) is 35.4 Å². The Morgan fingerprint density at radius 2 is 1.95 bits per heavy atom. The fourth-order valence-corrected chi connectivity index (χ4v) is 1.97. The fraction of sp³-hybridized carbons (Fsp3) is 0.562. The Hall–Kier alpha value is -0.820. The van der Waals surface area contributed by atoms with Crippen LogP contribution in [0.1, 0.15) is 37.8 Å². The van der Waals surface area contributed by atoms with Crippen molar-refractivity contribution in [3.63, 3.8) is 0 Å². The number of nitrogens with zero attached hydrogens (tertiary/aromatic N) is 1. The molecule has 1 saturated carbocycles. The van der Waals surface area contributed by atoms with Gasteiger partial charge in [0.1, 0.15) is 0 Å². The Balaban J connectivity index is 0.00000220. The molecule has 2 rings (SSSR count). The van der Waals surface area contributed by atoms with Gasteiger partial charge in [-0.3, -0.25) is 0 Å². The molecule has 0 saturated heterocycles. The van der Waals surface area contributed by atoms with Crippen LogP contribution in [-0.4, -0.2) is 25.2 Å². The second-order valence-electron chi connectivity index (χ2n) is 5.02. The van der Waals surface area contributed by atoms with E-state index in [2.05, 4.69) is 46.8 Å². The summed E-state index contributed by atoms with van der Waals surface area (Å²) in [7, 11) is 0. The maximum atomic E-state index is 5.51. The normalized spacial score (nSPS) is 14.5. The van der Waals surface area contributed by atoms with Gasteiger partial charge in [-0.1, -0.05) is 24.3 Å². The molecule has 1 aromatic carbocycles. The molecule has 5 heteroatoms. The van der Waals surface area contributed by atoms with Gasteiger partial charge in [-0.25, -0.2) is 4.99 Å². The van der Waals surface area contributed by atoms with E-state index >= 15 is 0 Å². The smallest absolute Gasteiger partial charge is 0.191 e. The number of hydrogen-bond acceptors (Lipinski definition) is 2. The van der Waals surface area contributed by atoms with E-state index in [1.54, 1.807) is 0 Å². The van der Waals surface area contributed by atoms with E-state index in [1.807, 2.05) is 6.92 Å². The Bertz CT molecular complexity index is 447. The first-order chi connectivity index (χ1) is 9.83. The maximum absolute atomic E-state index is 5.51. The third-order valence-corrected chi connectivity index (χ3v) is 3.25. The van der Waals surface area contributed by atoms with Crippen molar-refractivity contribution in [2.24, 2.45) is 4.99 Å². The van der Waals surface area contributed by atoms with E-state index in [0.717, 1.165) is 19.1 Å². The summed E-state index contributed by atoms with van der Waals surface area (Å²) in [6, 6.07) is 8.96. The number of benzene rings is 1. The summed E-state index contributed by atoms with van der Waals surface area (Å²) in [6.07, 6.45) is 2.51. The van der Waals surface area contributed by atoms with E-state index in [-0.39, 0.29) is 24.0 Å². The molecule has 1 aliphatic carbocycles. The standard InChI is InChI=1S/C16H25N3O.HI/c1-3-17-16(19-15-9-10-15)18-11-13-7-5-6-8-14(13)12-20-4-2;/h5-8,15H,3-4,9-12H2,1-2H3,(H2,17,18,19);1H. The molecule has 1 aliphatic rings. The lowest BCUT2D eigenvalue weighted by atomic mass is 10.1. The van der Waals surface area contributed by atoms with E-state index in [0.29, 0.717) is 19.2 Å². The van der Waals surface area contributed by atoms with Crippen molar-refractivity contribution < 1.29 is 4.74 Å². The molecule has 0 aliphatic heterocycles. The van der Waals surface area contributed by atoms with Crippen molar-refractivity contribution in [1.82, 2.24) is 10.6 Å². The minimum absolute atomic E-state index is 0. The number of rotatable bonds is 7. The quantitative estimate of drug-likeness (QED) is 0.418. The van der Waals surface area contributed by atoms with Crippen LogP contribution in [0.4, 0.5) is 0 Å². The number of nitrogens with one attached hydrogen (secondary N) is 2. The van der Waals surface area contributed by atoms with Crippen molar-refractivity contribution in [1.29, 1.82) is 0 Å². The zero-order valence-corrected chi connectivity index (χ0v) is 15.2. The molecule has 118 valence electrons. The van der Waals surface area contributed by atoms with Gasteiger partial charge in [0.2, 0.25) is 0 Å². The van der Waals surface area contributed by atoms with Gasteiger partial charge in [0.25, 0.3) is 0 Å². The highest BCUT2D eigenvalue weighted by Crippen LogP contribution is 2.18. The SMILES string of the molecule is CCNC(=NCc1ccccc1COCC)NC1CC1.I. The van der Waals surface area contributed by atoms with Gasteiger partial charge in [-0.15, -0.1) is 24.0 Å². The lowest BCUT2D eigenvalue weighted by molar-refractivity contribution is 0.133. The van der Waals surface area contributed by atoms with Crippen molar-refractivity contribution in [2.45, 2.75) is 45.9 Å². The molecule has 0 amide bonds. The van der Waals surface area contributed by atoms with Crippen LogP contribution in [-0.2, 0) is 17.9 Å². The second-order valence-corrected chi connectivity index (χ2v) is 5.02. The summed E-state index contributed by atoms with van der Waals surface area (Å²) in [6.45, 7) is 7.08. The third-order valence-electron chi connectivity index (χ3n) is 3.25. The van der Waals surface area contributed by atoms with E-state index in [1.165, 1.54) is 24.0 Å². The maximum Gasteiger partial charge on any atom is 0.191 e. The summed E-state index contributed by atoms with van der Waals surface area (Å²) in [5.41, 5.74) is 2.45. The monoisotopic (exact) mass is 403 g/mol. The first-order valence-corrected chi connectivity index (χ1v) is 7.52. The fourth-order valence-electron chi connectivity index (χ4n) is 1.97. The summed E-state index contributed by atoms with van der Waals surface area (Å²) in [5.74, 6) is 0.918. The first-order valence-electron chi connectivity index (χ1n) is 7.52. The topological polar surface area (TPSA) is 45.7 Å². The molecule has 1 aromatic rings. The Morgan fingerprint density at radius 3 is 2.57 bits per heavy atom. The molecule has 0 aromatic heterocycles. The van der Waals surface area contributed by atoms with E-state index in [9.17, 15) is 0 Å². The predicted molar refractivity (Wildman–Crippen MR) is 98.2 cm³/mol. The van der Waals surface area contributed by atoms with Crippen LogP contribution in [0.2, 0.25) is 0 Å². The third kappa shape index (κ3) is 6.65. The molecule has 0 atom stereocenters. The van der Waals surface area contributed by atoms with E-state index < -0.39 is 0 Å². The first kappa shape index (κ1) is 18.2. The average molecular weight is 403 g/mol. The van der Waals surface area contributed by atoms with Gasteiger partial charge in [-0.05, 0) is 37.8 Å². The van der Waals surface area contributed by atoms with Crippen LogP contribution in [0.25, 0.3) is 0 Å². The zero-order chi connectivity index (χ0) is 14.2. The molecule has 21 heavy (non-hydrogen) atoms. The number of ether oxygens (including phenoxy) is 1. The van der Waals surface area contributed by atoms with Crippen LogP contribution in [0.15, 0.2) is 29.3 Å². The highest BCUT2D eigenvalue weighted by atomic mass is 127. The Morgan fingerprint density at radius 1 is 1.24 bits per heavy atom. The number of halogens is 1. The minimum atomic E-state index is 0.